The third-order valence-electron chi connectivity index (χ3n) is 3.90. The molecule has 1 aliphatic rings. The van der Waals surface area contributed by atoms with E-state index in [0.29, 0.717) is 19.0 Å². The quantitative estimate of drug-likeness (QED) is 0.921. The molecule has 1 saturated heterocycles. The predicted octanol–water partition coefficient (Wildman–Crippen LogP) is 2.31. The number of nitrogens with zero attached hydrogens (tertiary/aromatic N) is 2. The van der Waals surface area contributed by atoms with Crippen LogP contribution in [0.5, 0.6) is 5.75 Å². The molecule has 1 aromatic heterocycles. The molecule has 1 fully saturated rings. The highest BCUT2D eigenvalue weighted by molar-refractivity contribution is 5.22. The number of aromatic amines is 1. The van der Waals surface area contributed by atoms with Crippen LogP contribution in [-0.4, -0.2) is 48.0 Å². The van der Waals surface area contributed by atoms with Crippen LogP contribution < -0.4 is 4.74 Å². The number of nitrogens with one attached hydrogen (secondary N) is 1. The molecule has 0 bridgehead atoms. The second kappa shape index (κ2) is 6.89. The van der Waals surface area contributed by atoms with Crippen molar-refractivity contribution in [3.8, 4) is 5.75 Å². The van der Waals surface area contributed by atoms with Crippen molar-refractivity contribution >= 4 is 0 Å². The summed E-state index contributed by atoms with van der Waals surface area (Å²) < 4.78 is 24.1. The first-order valence-corrected chi connectivity index (χ1v) is 7.44. The summed E-state index contributed by atoms with van der Waals surface area (Å²) in [6.07, 6.45) is 1.83. The molecule has 0 saturated carbocycles. The lowest BCUT2D eigenvalue weighted by atomic mass is 10.1. The Kier molecular flexibility index (Phi) is 4.70. The number of hydrogen-bond acceptors (Lipinski definition) is 4. The molecule has 3 rings (SSSR count). The highest BCUT2D eigenvalue weighted by Crippen LogP contribution is 2.24. The monoisotopic (exact) mass is 305 g/mol. The molecule has 1 N–H and O–H groups in total. The number of morpholine rings is 1. The van der Waals surface area contributed by atoms with E-state index in [2.05, 4.69) is 15.1 Å². The van der Waals surface area contributed by atoms with Crippen LogP contribution in [0.15, 0.2) is 30.5 Å². The third-order valence-corrected chi connectivity index (χ3v) is 3.90. The van der Waals surface area contributed by atoms with Gasteiger partial charge < -0.3 is 9.47 Å². The number of rotatable bonds is 5. The second-order valence-electron chi connectivity index (χ2n) is 5.40. The Morgan fingerprint density at radius 1 is 1.41 bits per heavy atom. The van der Waals surface area contributed by atoms with Crippen LogP contribution in [0.1, 0.15) is 17.3 Å². The highest BCUT2D eigenvalue weighted by Gasteiger charge is 2.26. The zero-order valence-corrected chi connectivity index (χ0v) is 12.6. The Labute approximate surface area is 129 Å². The van der Waals surface area contributed by atoms with Crippen molar-refractivity contribution < 1.29 is 13.9 Å². The molecule has 6 heteroatoms. The predicted molar refractivity (Wildman–Crippen MR) is 80.4 cm³/mol. The lowest BCUT2D eigenvalue weighted by molar-refractivity contribution is -0.0149. The van der Waals surface area contributed by atoms with E-state index in [-0.39, 0.29) is 11.9 Å². The van der Waals surface area contributed by atoms with Gasteiger partial charge in [-0.25, -0.2) is 4.39 Å². The van der Waals surface area contributed by atoms with Crippen molar-refractivity contribution in [2.75, 3.05) is 32.9 Å². The van der Waals surface area contributed by atoms with Crippen LogP contribution >= 0.6 is 0 Å². The Bertz CT molecular complexity index is 600. The number of aromatic nitrogens is 2. The summed E-state index contributed by atoms with van der Waals surface area (Å²) in [7, 11) is 0. The van der Waals surface area contributed by atoms with Gasteiger partial charge in [0.15, 0.2) is 0 Å². The summed E-state index contributed by atoms with van der Waals surface area (Å²) in [6, 6.07) is 6.27. The van der Waals surface area contributed by atoms with Crippen molar-refractivity contribution in [1.29, 1.82) is 0 Å². The SMILES string of the molecule is Cc1cn[nH]c1C1COCCN1CCOc1ccc(F)cc1. The summed E-state index contributed by atoms with van der Waals surface area (Å²) in [5, 5.41) is 7.16. The third kappa shape index (κ3) is 3.45. The topological polar surface area (TPSA) is 50.4 Å². The molecular formula is C16H20FN3O2. The van der Waals surface area contributed by atoms with Crippen LogP contribution in [0.2, 0.25) is 0 Å². The van der Waals surface area contributed by atoms with Crippen LogP contribution in [-0.2, 0) is 4.74 Å². The maximum atomic E-state index is 12.9. The number of H-pyrrole nitrogens is 1. The van der Waals surface area contributed by atoms with Gasteiger partial charge in [0.1, 0.15) is 18.2 Å². The van der Waals surface area contributed by atoms with Gasteiger partial charge in [-0.2, -0.15) is 5.10 Å². The molecule has 118 valence electrons. The zero-order valence-electron chi connectivity index (χ0n) is 12.6. The Hall–Kier alpha value is -1.92. The molecule has 1 unspecified atom stereocenters. The summed E-state index contributed by atoms with van der Waals surface area (Å²) in [4.78, 5) is 2.33. The second-order valence-corrected chi connectivity index (χ2v) is 5.40. The summed E-state index contributed by atoms with van der Waals surface area (Å²) in [5.74, 6) is 0.430. The first-order chi connectivity index (χ1) is 10.7. The fourth-order valence-corrected chi connectivity index (χ4v) is 2.68. The van der Waals surface area contributed by atoms with E-state index in [0.717, 1.165) is 31.0 Å². The first-order valence-electron chi connectivity index (χ1n) is 7.44. The molecule has 0 spiro atoms. The number of hydrogen-bond donors (Lipinski definition) is 1. The van der Waals surface area contributed by atoms with E-state index in [1.165, 1.54) is 12.1 Å². The Morgan fingerprint density at radius 3 is 2.95 bits per heavy atom. The van der Waals surface area contributed by atoms with Crippen LogP contribution in [0, 0.1) is 12.7 Å². The zero-order chi connectivity index (χ0) is 15.4. The minimum Gasteiger partial charge on any atom is -0.492 e. The lowest BCUT2D eigenvalue weighted by Crippen LogP contribution is -2.42. The lowest BCUT2D eigenvalue weighted by Gasteiger charge is -2.35. The molecular weight excluding hydrogens is 285 g/mol. The molecule has 0 amide bonds. The Balaban J connectivity index is 1.58. The summed E-state index contributed by atoms with van der Waals surface area (Å²) >= 11 is 0. The van der Waals surface area contributed by atoms with Crippen molar-refractivity contribution in [3.63, 3.8) is 0 Å². The van der Waals surface area contributed by atoms with Crippen molar-refractivity contribution in [3.05, 3.63) is 47.5 Å². The minimum atomic E-state index is -0.254. The van der Waals surface area contributed by atoms with E-state index in [4.69, 9.17) is 9.47 Å². The van der Waals surface area contributed by atoms with Gasteiger partial charge in [-0.3, -0.25) is 10.00 Å². The van der Waals surface area contributed by atoms with Crippen LogP contribution in [0.3, 0.4) is 0 Å². The van der Waals surface area contributed by atoms with Gasteiger partial charge in [0.2, 0.25) is 0 Å². The molecule has 1 atom stereocenters. The normalized spacial score (nSPS) is 19.3. The van der Waals surface area contributed by atoms with E-state index in [1.54, 1.807) is 12.1 Å². The van der Waals surface area contributed by atoms with Gasteiger partial charge in [0.25, 0.3) is 0 Å². The molecule has 5 nitrogen and oxygen atoms in total. The van der Waals surface area contributed by atoms with E-state index < -0.39 is 0 Å². The number of ether oxygens (including phenoxy) is 2. The highest BCUT2D eigenvalue weighted by atomic mass is 19.1. The van der Waals surface area contributed by atoms with Crippen LogP contribution in [0.25, 0.3) is 0 Å². The summed E-state index contributed by atoms with van der Waals surface area (Å²) in [5.41, 5.74) is 2.24. The van der Waals surface area contributed by atoms with Gasteiger partial charge in [-0.15, -0.1) is 0 Å². The van der Waals surface area contributed by atoms with E-state index in [9.17, 15) is 4.39 Å². The fraction of sp³-hybridized carbons (Fsp3) is 0.438. The van der Waals surface area contributed by atoms with Gasteiger partial charge in [-0.05, 0) is 36.8 Å². The molecule has 2 heterocycles. The summed E-state index contributed by atoms with van der Waals surface area (Å²) in [6.45, 7) is 5.61. The standard InChI is InChI=1S/C16H20FN3O2/c1-12-10-18-19-16(12)15-11-21-8-6-20(15)7-9-22-14-4-2-13(17)3-5-14/h2-5,10,15H,6-9,11H2,1H3,(H,18,19). The average Bonchev–Trinajstić information content (AvgIpc) is 2.96. The first kappa shape index (κ1) is 15.0. The van der Waals surface area contributed by atoms with E-state index >= 15 is 0 Å². The molecule has 2 aromatic rings. The molecule has 1 aromatic carbocycles. The van der Waals surface area contributed by atoms with Gasteiger partial charge in [-0.1, -0.05) is 0 Å². The van der Waals surface area contributed by atoms with Crippen molar-refractivity contribution in [1.82, 2.24) is 15.1 Å². The maximum Gasteiger partial charge on any atom is 0.123 e. The number of aryl methyl sites for hydroxylation is 1. The maximum absolute atomic E-state index is 12.9. The van der Waals surface area contributed by atoms with Gasteiger partial charge >= 0.3 is 0 Å². The molecule has 1 aliphatic heterocycles. The fourth-order valence-electron chi connectivity index (χ4n) is 2.68. The molecule has 0 aliphatic carbocycles. The van der Waals surface area contributed by atoms with E-state index in [1.807, 2.05) is 13.1 Å². The van der Waals surface area contributed by atoms with Gasteiger partial charge in [0, 0.05) is 13.1 Å². The Morgan fingerprint density at radius 2 is 2.23 bits per heavy atom. The minimum absolute atomic E-state index is 0.174. The molecule has 22 heavy (non-hydrogen) atoms. The van der Waals surface area contributed by atoms with Gasteiger partial charge in [0.05, 0.1) is 31.1 Å². The van der Waals surface area contributed by atoms with Crippen molar-refractivity contribution in [2.24, 2.45) is 0 Å². The molecule has 0 radical (unpaired) electrons. The average molecular weight is 305 g/mol. The number of halogens is 1. The smallest absolute Gasteiger partial charge is 0.123 e. The van der Waals surface area contributed by atoms with Crippen LogP contribution in [0.4, 0.5) is 4.39 Å². The number of benzene rings is 1. The largest absolute Gasteiger partial charge is 0.492 e. The van der Waals surface area contributed by atoms with Crippen molar-refractivity contribution in [2.45, 2.75) is 13.0 Å².